The molecule has 0 saturated carbocycles. The lowest BCUT2D eigenvalue weighted by molar-refractivity contribution is -0.123. The summed E-state index contributed by atoms with van der Waals surface area (Å²) in [5.74, 6) is -0.260. The fourth-order valence-corrected chi connectivity index (χ4v) is 3.79. The van der Waals surface area contributed by atoms with Crippen LogP contribution in [-0.2, 0) is 9.59 Å². The summed E-state index contributed by atoms with van der Waals surface area (Å²) in [5, 5.41) is 7.95. The number of benzene rings is 2. The molecule has 1 unspecified atom stereocenters. The molecule has 2 aromatic carbocycles. The van der Waals surface area contributed by atoms with Crippen LogP contribution in [-0.4, -0.2) is 11.8 Å². The molecular weight excluding hydrogens is 356 g/mol. The van der Waals surface area contributed by atoms with E-state index in [1.54, 1.807) is 0 Å². The molecule has 1 heterocycles. The zero-order valence-corrected chi connectivity index (χ0v) is 15.9. The van der Waals surface area contributed by atoms with Gasteiger partial charge in [0.15, 0.2) is 0 Å². The van der Waals surface area contributed by atoms with Gasteiger partial charge < -0.3 is 10.6 Å². The van der Waals surface area contributed by atoms with Crippen molar-refractivity contribution in [2.75, 3.05) is 0 Å². The van der Waals surface area contributed by atoms with Crippen molar-refractivity contribution in [2.24, 2.45) is 0 Å². The molecule has 3 rings (SSSR count). The van der Waals surface area contributed by atoms with Gasteiger partial charge in [-0.2, -0.15) is 0 Å². The zero-order chi connectivity index (χ0) is 19.1. The molecule has 4 nitrogen and oxygen atoms in total. The summed E-state index contributed by atoms with van der Waals surface area (Å²) >= 11 is 1.53. The van der Waals surface area contributed by atoms with E-state index in [0.29, 0.717) is 0 Å². The number of rotatable bonds is 7. The Morgan fingerprint density at radius 1 is 0.852 bits per heavy atom. The summed E-state index contributed by atoms with van der Waals surface area (Å²) in [6.45, 7) is 1.47. The summed E-state index contributed by atoms with van der Waals surface area (Å²) in [5.41, 5.74) is 2.04. The van der Waals surface area contributed by atoms with E-state index < -0.39 is 0 Å². The monoisotopic (exact) mass is 378 g/mol. The highest BCUT2D eigenvalue weighted by molar-refractivity contribution is 7.10. The zero-order valence-electron chi connectivity index (χ0n) is 15.1. The number of carbonyl (C=O) groups is 2. The first-order chi connectivity index (χ1) is 13.1. The van der Waals surface area contributed by atoms with Crippen LogP contribution in [0.15, 0.2) is 78.2 Å². The van der Waals surface area contributed by atoms with Crippen LogP contribution in [0.25, 0.3) is 0 Å². The Kier molecular flexibility index (Phi) is 6.39. The van der Waals surface area contributed by atoms with E-state index in [1.165, 1.54) is 18.3 Å². The second kappa shape index (κ2) is 9.14. The van der Waals surface area contributed by atoms with E-state index in [1.807, 2.05) is 78.2 Å². The highest BCUT2D eigenvalue weighted by Crippen LogP contribution is 2.25. The fourth-order valence-electron chi connectivity index (χ4n) is 3.01. The van der Waals surface area contributed by atoms with Crippen molar-refractivity contribution < 1.29 is 9.59 Å². The molecule has 0 aliphatic carbocycles. The van der Waals surface area contributed by atoms with Crippen molar-refractivity contribution >= 4 is 23.2 Å². The number of amides is 2. The Morgan fingerprint density at radius 3 is 1.93 bits per heavy atom. The van der Waals surface area contributed by atoms with Gasteiger partial charge in [0.25, 0.3) is 0 Å². The third kappa shape index (κ3) is 5.28. The quantitative estimate of drug-likeness (QED) is 0.647. The van der Waals surface area contributed by atoms with E-state index in [9.17, 15) is 9.59 Å². The van der Waals surface area contributed by atoms with Gasteiger partial charge in [-0.25, -0.2) is 0 Å². The maximum absolute atomic E-state index is 12.8. The molecule has 5 heteroatoms. The molecule has 0 spiro atoms. The molecule has 0 saturated heterocycles. The van der Waals surface area contributed by atoms with Crippen LogP contribution in [0.4, 0.5) is 0 Å². The van der Waals surface area contributed by atoms with Gasteiger partial charge in [-0.15, -0.1) is 11.3 Å². The summed E-state index contributed by atoms with van der Waals surface area (Å²) in [6.07, 6.45) is 0.191. The van der Waals surface area contributed by atoms with Gasteiger partial charge in [-0.3, -0.25) is 9.59 Å². The SMILES string of the molecule is CC(=O)NC(CC(=O)NC(c1ccccc1)c1ccccc1)c1cccs1. The smallest absolute Gasteiger partial charge is 0.223 e. The third-order valence-corrected chi connectivity index (χ3v) is 5.21. The second-order valence-electron chi connectivity index (χ2n) is 6.29. The number of thiophene rings is 1. The van der Waals surface area contributed by atoms with E-state index >= 15 is 0 Å². The van der Waals surface area contributed by atoms with Crippen LogP contribution in [0.2, 0.25) is 0 Å². The van der Waals surface area contributed by atoms with Crippen molar-refractivity contribution in [1.82, 2.24) is 10.6 Å². The largest absolute Gasteiger partial charge is 0.348 e. The predicted molar refractivity (Wildman–Crippen MR) is 108 cm³/mol. The van der Waals surface area contributed by atoms with Crippen LogP contribution in [0.1, 0.15) is 41.4 Å². The van der Waals surface area contributed by atoms with E-state index in [2.05, 4.69) is 10.6 Å². The average molecular weight is 378 g/mol. The van der Waals surface area contributed by atoms with Crippen LogP contribution >= 0.6 is 11.3 Å². The minimum absolute atomic E-state index is 0.111. The Morgan fingerprint density at radius 2 is 1.44 bits per heavy atom. The van der Waals surface area contributed by atoms with Crippen LogP contribution < -0.4 is 10.6 Å². The Bertz CT molecular complexity index is 824. The van der Waals surface area contributed by atoms with Crippen molar-refractivity contribution in [1.29, 1.82) is 0 Å². The highest BCUT2D eigenvalue weighted by Gasteiger charge is 2.21. The Balaban J connectivity index is 1.79. The number of hydrogen-bond acceptors (Lipinski definition) is 3. The predicted octanol–water partition coefficient (Wildman–Crippen LogP) is 4.22. The Labute approximate surface area is 163 Å². The van der Waals surface area contributed by atoms with Crippen LogP contribution in [0.3, 0.4) is 0 Å². The molecule has 1 aromatic heterocycles. The molecule has 2 amide bonds. The van der Waals surface area contributed by atoms with E-state index in [-0.39, 0.29) is 30.3 Å². The maximum Gasteiger partial charge on any atom is 0.223 e. The van der Waals surface area contributed by atoms with Gasteiger partial charge in [0, 0.05) is 11.8 Å². The molecule has 0 bridgehead atoms. The second-order valence-corrected chi connectivity index (χ2v) is 7.27. The summed E-state index contributed by atoms with van der Waals surface area (Å²) in [4.78, 5) is 25.4. The normalized spacial score (nSPS) is 11.8. The molecule has 0 fully saturated rings. The molecular formula is C22H22N2O2S. The average Bonchev–Trinajstić information content (AvgIpc) is 3.21. The van der Waals surface area contributed by atoms with Crippen LogP contribution in [0, 0.1) is 0 Å². The van der Waals surface area contributed by atoms with Gasteiger partial charge >= 0.3 is 0 Å². The van der Waals surface area contributed by atoms with Gasteiger partial charge in [0.1, 0.15) is 0 Å². The standard InChI is InChI=1S/C22H22N2O2S/c1-16(25)23-19(20-13-8-14-27-20)15-21(26)24-22(17-9-4-2-5-10-17)18-11-6-3-7-12-18/h2-14,19,22H,15H2,1H3,(H,23,25)(H,24,26). The van der Waals surface area contributed by atoms with E-state index in [4.69, 9.17) is 0 Å². The lowest BCUT2D eigenvalue weighted by Gasteiger charge is -2.22. The topological polar surface area (TPSA) is 58.2 Å². The third-order valence-electron chi connectivity index (χ3n) is 4.22. The van der Waals surface area contributed by atoms with Gasteiger partial charge in [-0.05, 0) is 22.6 Å². The molecule has 0 aliphatic heterocycles. The van der Waals surface area contributed by atoms with Crippen molar-refractivity contribution in [3.8, 4) is 0 Å². The first kappa shape index (κ1) is 18.9. The minimum atomic E-state index is -0.324. The van der Waals surface area contributed by atoms with Crippen molar-refractivity contribution in [2.45, 2.75) is 25.4 Å². The highest BCUT2D eigenvalue weighted by atomic mass is 32.1. The number of hydrogen-bond donors (Lipinski definition) is 2. The number of carbonyl (C=O) groups excluding carboxylic acids is 2. The van der Waals surface area contributed by atoms with Gasteiger partial charge in [0.05, 0.1) is 18.5 Å². The molecule has 0 aliphatic rings. The molecule has 0 radical (unpaired) electrons. The fraction of sp³-hybridized carbons (Fsp3) is 0.182. The first-order valence-corrected chi connectivity index (χ1v) is 9.71. The lowest BCUT2D eigenvalue weighted by Crippen LogP contribution is -2.34. The Hall–Kier alpha value is -2.92. The first-order valence-electron chi connectivity index (χ1n) is 8.83. The van der Waals surface area contributed by atoms with Crippen molar-refractivity contribution in [3.05, 3.63) is 94.2 Å². The molecule has 138 valence electrons. The van der Waals surface area contributed by atoms with Crippen molar-refractivity contribution in [3.63, 3.8) is 0 Å². The van der Waals surface area contributed by atoms with Gasteiger partial charge in [-0.1, -0.05) is 66.7 Å². The minimum Gasteiger partial charge on any atom is -0.348 e. The maximum atomic E-state index is 12.8. The van der Waals surface area contributed by atoms with E-state index in [0.717, 1.165) is 16.0 Å². The summed E-state index contributed by atoms with van der Waals surface area (Å²) in [6, 6.07) is 23.1. The molecule has 1 atom stereocenters. The summed E-state index contributed by atoms with van der Waals surface area (Å²) < 4.78 is 0. The summed E-state index contributed by atoms with van der Waals surface area (Å²) in [7, 11) is 0. The molecule has 3 aromatic rings. The molecule has 2 N–H and O–H groups in total. The molecule has 27 heavy (non-hydrogen) atoms. The number of nitrogens with one attached hydrogen (secondary N) is 2. The lowest BCUT2D eigenvalue weighted by atomic mass is 9.98. The van der Waals surface area contributed by atoms with Gasteiger partial charge in [0.2, 0.25) is 11.8 Å². The van der Waals surface area contributed by atoms with Crippen LogP contribution in [0.5, 0.6) is 0 Å².